The summed E-state index contributed by atoms with van der Waals surface area (Å²) in [6, 6.07) is 5.38. The van der Waals surface area contributed by atoms with Crippen molar-refractivity contribution in [3.63, 3.8) is 0 Å². The molecule has 0 aliphatic rings. The summed E-state index contributed by atoms with van der Waals surface area (Å²) in [4.78, 5) is 58.3. The molecule has 2 amide bonds. The van der Waals surface area contributed by atoms with Crippen molar-refractivity contribution >= 4 is 70.1 Å². The van der Waals surface area contributed by atoms with E-state index in [0.717, 1.165) is 61.0 Å². The first kappa shape index (κ1) is 54.8. The average molecular weight is 972 g/mol. The van der Waals surface area contributed by atoms with Gasteiger partial charge in [0, 0.05) is 68.1 Å². The fourth-order valence-electron chi connectivity index (χ4n) is 6.51. The van der Waals surface area contributed by atoms with Gasteiger partial charge in [-0.15, -0.1) is 23.5 Å². The number of thioether (sulfide) groups is 2. The normalized spacial score (nSPS) is 11.5. The summed E-state index contributed by atoms with van der Waals surface area (Å²) in [6.45, 7) is 0.441. The standard InChI is InChI=1S/C43H55F6N9O6S2/c1-63-34-23-30(40(62)58-32-21-27(43(47,48)49)20-31(39(32)66-15-12-51)57-37(61)10-6-7-13-56-41(54)55)35(64-2)22-29(34)33(60)19-25-17-26(42(44,45)46)16-24(38(25)65-14-11-50)18-28(59)8-4-3-5-9-36(52)53/h16-17,20-23H,3-15,18-19,50-51H2,1-2H3,(H3,52,53)(H,57,61)(H,58,62)(H4,54,55,56). The molecule has 0 aliphatic heterocycles. The smallest absolute Gasteiger partial charge is 0.416 e. The number of amides is 2. The third-order valence-electron chi connectivity index (χ3n) is 9.55. The molecule has 0 fully saturated rings. The van der Waals surface area contributed by atoms with Gasteiger partial charge in [0.2, 0.25) is 5.91 Å². The molecule has 362 valence electrons. The number of ketones is 2. The molecule has 3 aromatic carbocycles. The molecule has 0 saturated carbocycles. The number of nitrogens with one attached hydrogen (secondary N) is 3. The van der Waals surface area contributed by atoms with Crippen LogP contribution in [0.15, 0.2) is 51.2 Å². The SMILES string of the molecule is COc1cc(C(=O)Nc2cc(C(F)(F)F)cc(NC(=O)CCCCN=C(N)N)c2SCCN)c(OC)cc1C(=O)Cc1cc(C(F)(F)F)cc(CC(=O)CCCCCC(=N)N)c1SCCN. The van der Waals surface area contributed by atoms with Crippen LogP contribution in [-0.4, -0.2) is 80.5 Å². The molecule has 0 spiro atoms. The summed E-state index contributed by atoms with van der Waals surface area (Å²) in [5, 5.41) is 12.3. The fourth-order valence-corrected chi connectivity index (χ4v) is 8.31. The topological polar surface area (TPSA) is 277 Å². The van der Waals surface area contributed by atoms with Crippen molar-refractivity contribution < 1.29 is 55.0 Å². The average Bonchev–Trinajstić information content (AvgIpc) is 3.23. The molecule has 3 rings (SSSR count). The number of amidine groups is 1. The zero-order chi connectivity index (χ0) is 49.2. The van der Waals surface area contributed by atoms with E-state index in [0.29, 0.717) is 44.6 Å². The summed E-state index contributed by atoms with van der Waals surface area (Å²) in [5.41, 5.74) is 24.1. The lowest BCUT2D eigenvalue weighted by Gasteiger charge is -2.20. The number of methoxy groups -OCH3 is 2. The van der Waals surface area contributed by atoms with Crippen LogP contribution in [0.25, 0.3) is 0 Å². The summed E-state index contributed by atoms with van der Waals surface area (Å²) in [5.74, 6) is -2.89. The van der Waals surface area contributed by atoms with Crippen molar-refractivity contribution in [2.45, 2.75) is 86.4 Å². The predicted molar refractivity (Wildman–Crippen MR) is 245 cm³/mol. The van der Waals surface area contributed by atoms with Crippen molar-refractivity contribution in [1.82, 2.24) is 0 Å². The molecule has 0 aliphatic carbocycles. The lowest BCUT2D eigenvalue weighted by Crippen LogP contribution is -2.23. The van der Waals surface area contributed by atoms with Crippen LogP contribution in [0.3, 0.4) is 0 Å². The molecule has 66 heavy (non-hydrogen) atoms. The maximum Gasteiger partial charge on any atom is 0.416 e. The second kappa shape index (κ2) is 26.0. The van der Waals surface area contributed by atoms with Gasteiger partial charge in [-0.3, -0.25) is 29.6 Å². The van der Waals surface area contributed by atoms with Crippen LogP contribution in [0.2, 0.25) is 0 Å². The minimum Gasteiger partial charge on any atom is -0.496 e. The molecule has 0 aromatic heterocycles. The lowest BCUT2D eigenvalue weighted by atomic mass is 9.94. The third kappa shape index (κ3) is 17.0. The number of aliphatic imine (C=N–C) groups is 1. The molecule has 0 atom stereocenters. The molecular weight excluding hydrogens is 917 g/mol. The molecular formula is C43H55F6N9O6S2. The maximum atomic E-state index is 14.3. The number of rotatable bonds is 27. The molecule has 0 unspecified atom stereocenters. The predicted octanol–water partition coefficient (Wildman–Crippen LogP) is 6.90. The Kier molecular flexibility index (Phi) is 21.6. The number of hydrogen-bond acceptors (Lipinski definition) is 12. The number of alkyl halides is 6. The van der Waals surface area contributed by atoms with Gasteiger partial charge < -0.3 is 48.8 Å². The van der Waals surface area contributed by atoms with Gasteiger partial charge in [0.15, 0.2) is 11.7 Å². The number of anilines is 2. The third-order valence-corrected chi connectivity index (χ3v) is 12.0. The maximum absolute atomic E-state index is 14.3. The Balaban J connectivity index is 2.05. The summed E-state index contributed by atoms with van der Waals surface area (Å²) < 4.78 is 96.7. The highest BCUT2D eigenvalue weighted by Gasteiger charge is 2.35. The van der Waals surface area contributed by atoms with E-state index >= 15 is 0 Å². The van der Waals surface area contributed by atoms with E-state index in [-0.39, 0.29) is 123 Å². The van der Waals surface area contributed by atoms with E-state index < -0.39 is 47.5 Å². The number of Topliss-reactive ketones (excluding diaryl/α,β-unsaturated/α-hetero) is 2. The van der Waals surface area contributed by atoms with Gasteiger partial charge >= 0.3 is 12.4 Å². The van der Waals surface area contributed by atoms with E-state index in [1.165, 1.54) is 7.11 Å². The first-order valence-electron chi connectivity index (χ1n) is 20.6. The van der Waals surface area contributed by atoms with Crippen molar-refractivity contribution in [3.8, 4) is 11.5 Å². The zero-order valence-corrected chi connectivity index (χ0v) is 38.1. The molecule has 13 N–H and O–H groups in total. The highest BCUT2D eigenvalue weighted by atomic mass is 32.2. The van der Waals surface area contributed by atoms with Gasteiger partial charge in [-0.2, -0.15) is 26.3 Å². The molecule has 15 nitrogen and oxygen atoms in total. The molecule has 0 saturated heterocycles. The number of guanidine groups is 1. The number of carbonyl (C=O) groups is 4. The molecule has 0 heterocycles. The molecule has 3 aromatic rings. The van der Waals surface area contributed by atoms with E-state index in [9.17, 15) is 45.5 Å². The second-order valence-corrected chi connectivity index (χ2v) is 16.9. The number of carbonyl (C=O) groups excluding carboxylic acids is 4. The van der Waals surface area contributed by atoms with Crippen molar-refractivity contribution in [2.75, 3.05) is 56.0 Å². The summed E-state index contributed by atoms with van der Waals surface area (Å²) in [6.07, 6.45) is -8.08. The van der Waals surface area contributed by atoms with E-state index in [4.69, 9.17) is 43.6 Å². The quantitative estimate of drug-likeness (QED) is 0.00965. The fraction of sp³-hybridized carbons (Fsp3) is 0.442. The van der Waals surface area contributed by atoms with Crippen LogP contribution in [0.1, 0.15) is 94.3 Å². The van der Waals surface area contributed by atoms with E-state index in [2.05, 4.69) is 15.6 Å². The van der Waals surface area contributed by atoms with Crippen LogP contribution in [0, 0.1) is 5.41 Å². The highest BCUT2D eigenvalue weighted by Crippen LogP contribution is 2.42. The van der Waals surface area contributed by atoms with Gasteiger partial charge in [0.25, 0.3) is 5.91 Å². The van der Waals surface area contributed by atoms with Gasteiger partial charge in [-0.1, -0.05) is 6.42 Å². The van der Waals surface area contributed by atoms with Crippen molar-refractivity contribution in [1.29, 1.82) is 5.41 Å². The Hall–Kier alpha value is -5.52. The minimum atomic E-state index is -4.92. The first-order chi connectivity index (χ1) is 31.1. The Bertz CT molecular complexity index is 2240. The number of unbranched alkanes of at least 4 members (excludes halogenated alkanes) is 3. The van der Waals surface area contributed by atoms with Gasteiger partial charge in [0.05, 0.1) is 58.6 Å². The van der Waals surface area contributed by atoms with Gasteiger partial charge in [-0.05, 0) is 73.2 Å². The van der Waals surface area contributed by atoms with Crippen LogP contribution < -0.4 is 48.8 Å². The van der Waals surface area contributed by atoms with Crippen LogP contribution in [-0.2, 0) is 34.8 Å². The Morgan fingerprint density at radius 2 is 1.18 bits per heavy atom. The highest BCUT2D eigenvalue weighted by molar-refractivity contribution is 7.99. The Labute approximate surface area is 386 Å². The molecule has 0 bridgehead atoms. The number of nitrogens with zero attached hydrogens (tertiary/aromatic N) is 1. The minimum absolute atomic E-state index is 0.0106. The van der Waals surface area contributed by atoms with Crippen LogP contribution in [0.5, 0.6) is 11.5 Å². The van der Waals surface area contributed by atoms with E-state index in [1.807, 2.05) is 0 Å². The van der Waals surface area contributed by atoms with Crippen molar-refractivity contribution in [3.05, 3.63) is 69.8 Å². The van der Waals surface area contributed by atoms with Crippen LogP contribution >= 0.6 is 23.5 Å². The largest absolute Gasteiger partial charge is 0.496 e. The first-order valence-corrected chi connectivity index (χ1v) is 22.5. The van der Waals surface area contributed by atoms with Crippen molar-refractivity contribution in [2.24, 2.45) is 33.7 Å². The number of benzene rings is 3. The number of halogens is 6. The molecule has 23 heteroatoms. The zero-order valence-electron chi connectivity index (χ0n) is 36.4. The number of hydrogen-bond donors (Lipinski definition) is 8. The van der Waals surface area contributed by atoms with E-state index in [1.54, 1.807) is 0 Å². The van der Waals surface area contributed by atoms with Gasteiger partial charge in [0.1, 0.15) is 17.3 Å². The molecule has 0 radical (unpaired) electrons. The Morgan fingerprint density at radius 3 is 1.74 bits per heavy atom. The summed E-state index contributed by atoms with van der Waals surface area (Å²) >= 11 is 2.07. The lowest BCUT2D eigenvalue weighted by molar-refractivity contribution is -0.138. The summed E-state index contributed by atoms with van der Waals surface area (Å²) in [7, 11) is 2.33. The second-order valence-electron chi connectivity index (χ2n) is 14.7. The van der Waals surface area contributed by atoms with Crippen LogP contribution in [0.4, 0.5) is 37.7 Å². The monoisotopic (exact) mass is 971 g/mol. The number of ether oxygens (including phenoxy) is 2. The number of nitrogens with two attached hydrogens (primary N) is 5. The Morgan fingerprint density at radius 1 is 0.667 bits per heavy atom. The van der Waals surface area contributed by atoms with Gasteiger partial charge in [-0.25, -0.2) is 0 Å².